The molecule has 1 atom stereocenters. The Hall–Kier alpha value is -2.35. The molecule has 28 heavy (non-hydrogen) atoms. The number of nitrogens with one attached hydrogen (secondary N) is 1. The summed E-state index contributed by atoms with van der Waals surface area (Å²) >= 11 is 0. The van der Waals surface area contributed by atoms with Crippen molar-refractivity contribution in [3.8, 4) is 0 Å². The zero-order valence-electron chi connectivity index (χ0n) is 17.6. The Balaban J connectivity index is 1.71. The minimum atomic E-state index is 0.297. The van der Waals surface area contributed by atoms with Crippen LogP contribution in [0.25, 0.3) is 0 Å². The van der Waals surface area contributed by atoms with Gasteiger partial charge in [0.1, 0.15) is 17.5 Å². The molecule has 0 amide bonds. The van der Waals surface area contributed by atoms with Gasteiger partial charge in [0.2, 0.25) is 5.95 Å². The third-order valence-electron chi connectivity index (χ3n) is 5.03. The first-order chi connectivity index (χ1) is 13.4. The molecule has 3 N–H and O–H groups in total. The molecule has 3 heterocycles. The average molecular weight is 387 g/mol. The van der Waals surface area contributed by atoms with Gasteiger partial charge in [-0.1, -0.05) is 0 Å². The molecule has 0 bridgehead atoms. The van der Waals surface area contributed by atoms with E-state index in [1.807, 2.05) is 12.3 Å². The van der Waals surface area contributed by atoms with Gasteiger partial charge in [0.05, 0.1) is 0 Å². The number of piperidine rings is 1. The van der Waals surface area contributed by atoms with Crippen LogP contribution in [-0.4, -0.2) is 64.2 Å². The van der Waals surface area contributed by atoms with Crippen LogP contribution in [-0.2, 0) is 6.54 Å². The van der Waals surface area contributed by atoms with E-state index < -0.39 is 0 Å². The van der Waals surface area contributed by atoms with E-state index in [9.17, 15) is 0 Å². The summed E-state index contributed by atoms with van der Waals surface area (Å²) in [6.07, 6.45) is 7.43. The summed E-state index contributed by atoms with van der Waals surface area (Å²) in [5.41, 5.74) is 5.97. The number of nitrogens with two attached hydrogens (primary N) is 1. The van der Waals surface area contributed by atoms with E-state index in [4.69, 9.17) is 10.7 Å². The molecule has 0 aromatic carbocycles. The van der Waals surface area contributed by atoms with Gasteiger partial charge in [0.25, 0.3) is 0 Å². The molecule has 0 saturated carbocycles. The van der Waals surface area contributed by atoms with E-state index >= 15 is 0 Å². The Kier molecular flexibility index (Phi) is 6.72. The van der Waals surface area contributed by atoms with Crippen molar-refractivity contribution in [3.05, 3.63) is 24.3 Å². The van der Waals surface area contributed by atoms with Crippen molar-refractivity contribution in [2.45, 2.75) is 51.6 Å². The van der Waals surface area contributed by atoms with Gasteiger partial charge in [0, 0.05) is 50.1 Å². The highest BCUT2D eigenvalue weighted by molar-refractivity contribution is 5.53. The summed E-state index contributed by atoms with van der Waals surface area (Å²) in [4.78, 5) is 18.0. The normalized spacial score (nSPS) is 17.5. The summed E-state index contributed by atoms with van der Waals surface area (Å²) in [6.45, 7) is 8.15. The van der Waals surface area contributed by atoms with E-state index in [1.54, 1.807) is 0 Å². The molecule has 0 aliphatic carbocycles. The SMILES string of the molecule is CC(C)Nc1cc(N2CCC[C@@H](c3nccn3CCCN(C)C)C2)nc(N)n1. The maximum Gasteiger partial charge on any atom is 0.223 e. The Labute approximate surface area is 168 Å². The lowest BCUT2D eigenvalue weighted by atomic mass is 9.97. The molecule has 154 valence electrons. The molecule has 3 rings (SSSR count). The van der Waals surface area contributed by atoms with Crippen molar-refractivity contribution in [3.63, 3.8) is 0 Å². The van der Waals surface area contributed by atoms with Crippen LogP contribution < -0.4 is 16.0 Å². The number of hydrogen-bond acceptors (Lipinski definition) is 7. The number of hydrogen-bond donors (Lipinski definition) is 2. The first-order valence-electron chi connectivity index (χ1n) is 10.2. The zero-order valence-corrected chi connectivity index (χ0v) is 17.6. The van der Waals surface area contributed by atoms with Crippen LogP contribution in [0.5, 0.6) is 0 Å². The minimum Gasteiger partial charge on any atom is -0.368 e. The molecule has 8 nitrogen and oxygen atoms in total. The van der Waals surface area contributed by atoms with Crippen LogP contribution in [0.1, 0.15) is 44.9 Å². The fraction of sp³-hybridized carbons (Fsp3) is 0.650. The molecule has 2 aromatic rings. The lowest BCUT2D eigenvalue weighted by Gasteiger charge is -2.33. The standard InChI is InChI=1S/C20H34N8/c1-15(2)23-17-13-18(25-20(21)24-17)28-10-5-7-16(14-28)19-22-8-12-27(19)11-6-9-26(3)4/h8,12-13,15-16H,5-7,9-11,14H2,1-4H3,(H3,21,23,24,25)/t16-/m1/s1. The van der Waals surface area contributed by atoms with Gasteiger partial charge in [-0.15, -0.1) is 0 Å². The molecule has 1 aliphatic rings. The molecular formula is C20H34N8. The van der Waals surface area contributed by atoms with E-state index in [0.29, 0.717) is 17.9 Å². The number of aryl methyl sites for hydroxylation is 1. The molecule has 8 heteroatoms. The van der Waals surface area contributed by atoms with Crippen molar-refractivity contribution in [1.82, 2.24) is 24.4 Å². The Morgan fingerprint density at radius 2 is 2.14 bits per heavy atom. The number of imidazole rings is 1. The average Bonchev–Trinajstić information content (AvgIpc) is 3.09. The maximum absolute atomic E-state index is 5.97. The molecular weight excluding hydrogens is 352 g/mol. The van der Waals surface area contributed by atoms with Crippen LogP contribution in [0.15, 0.2) is 18.5 Å². The highest BCUT2D eigenvalue weighted by Crippen LogP contribution is 2.29. The lowest BCUT2D eigenvalue weighted by Crippen LogP contribution is -2.36. The first-order valence-corrected chi connectivity index (χ1v) is 10.2. The zero-order chi connectivity index (χ0) is 20.1. The molecule has 0 radical (unpaired) electrons. The third-order valence-corrected chi connectivity index (χ3v) is 5.03. The van der Waals surface area contributed by atoms with Crippen molar-refractivity contribution < 1.29 is 0 Å². The van der Waals surface area contributed by atoms with Crippen molar-refractivity contribution >= 4 is 17.6 Å². The maximum atomic E-state index is 5.97. The van der Waals surface area contributed by atoms with E-state index in [1.165, 1.54) is 5.82 Å². The molecule has 1 fully saturated rings. The summed E-state index contributed by atoms with van der Waals surface area (Å²) in [5, 5.41) is 3.33. The van der Waals surface area contributed by atoms with Gasteiger partial charge in [-0.25, -0.2) is 4.98 Å². The summed E-state index contributed by atoms with van der Waals surface area (Å²) in [7, 11) is 4.23. The quantitative estimate of drug-likeness (QED) is 0.720. The Morgan fingerprint density at radius 3 is 2.89 bits per heavy atom. The lowest BCUT2D eigenvalue weighted by molar-refractivity contribution is 0.380. The fourth-order valence-electron chi connectivity index (χ4n) is 3.81. The van der Waals surface area contributed by atoms with Crippen LogP contribution >= 0.6 is 0 Å². The van der Waals surface area contributed by atoms with E-state index in [2.05, 4.69) is 63.8 Å². The van der Waals surface area contributed by atoms with Crippen molar-refractivity contribution in [2.75, 3.05) is 49.7 Å². The Bertz CT molecular complexity index is 754. The van der Waals surface area contributed by atoms with Gasteiger partial charge in [-0.05, 0) is 53.8 Å². The highest BCUT2D eigenvalue weighted by Gasteiger charge is 2.26. The van der Waals surface area contributed by atoms with Gasteiger partial charge < -0.3 is 25.4 Å². The van der Waals surface area contributed by atoms with Crippen LogP contribution in [0.2, 0.25) is 0 Å². The second-order valence-corrected chi connectivity index (χ2v) is 8.19. The molecule has 2 aromatic heterocycles. The number of nitrogen functional groups attached to an aromatic ring is 1. The molecule has 0 unspecified atom stereocenters. The monoisotopic (exact) mass is 386 g/mol. The van der Waals surface area contributed by atoms with Crippen molar-refractivity contribution in [1.29, 1.82) is 0 Å². The van der Waals surface area contributed by atoms with Crippen molar-refractivity contribution in [2.24, 2.45) is 0 Å². The van der Waals surface area contributed by atoms with Crippen LogP contribution in [0, 0.1) is 0 Å². The second kappa shape index (κ2) is 9.23. The first kappa shape index (κ1) is 20.4. The number of aromatic nitrogens is 4. The predicted molar refractivity (Wildman–Crippen MR) is 115 cm³/mol. The van der Waals surface area contributed by atoms with Gasteiger partial charge in [-0.3, -0.25) is 0 Å². The molecule has 1 aliphatic heterocycles. The smallest absolute Gasteiger partial charge is 0.223 e. The number of anilines is 3. The largest absolute Gasteiger partial charge is 0.368 e. The summed E-state index contributed by atoms with van der Waals surface area (Å²) in [5.74, 6) is 3.58. The summed E-state index contributed by atoms with van der Waals surface area (Å²) < 4.78 is 2.32. The van der Waals surface area contributed by atoms with Gasteiger partial charge >= 0.3 is 0 Å². The van der Waals surface area contributed by atoms with Crippen LogP contribution in [0.3, 0.4) is 0 Å². The highest BCUT2D eigenvalue weighted by atomic mass is 15.2. The van der Waals surface area contributed by atoms with E-state index in [-0.39, 0.29) is 0 Å². The number of nitrogens with zero attached hydrogens (tertiary/aromatic N) is 6. The fourth-order valence-corrected chi connectivity index (χ4v) is 3.81. The molecule has 1 saturated heterocycles. The van der Waals surface area contributed by atoms with Gasteiger partial charge in [-0.2, -0.15) is 9.97 Å². The third kappa shape index (κ3) is 5.34. The molecule has 0 spiro atoms. The number of rotatable bonds is 8. The minimum absolute atomic E-state index is 0.297. The topological polar surface area (TPSA) is 88.1 Å². The predicted octanol–water partition coefficient (Wildman–Crippen LogP) is 2.41. The Morgan fingerprint density at radius 1 is 1.32 bits per heavy atom. The van der Waals surface area contributed by atoms with Crippen LogP contribution in [0.4, 0.5) is 17.6 Å². The summed E-state index contributed by atoms with van der Waals surface area (Å²) in [6, 6.07) is 2.30. The van der Waals surface area contributed by atoms with E-state index in [0.717, 1.165) is 57.1 Å². The second-order valence-electron chi connectivity index (χ2n) is 8.19. The van der Waals surface area contributed by atoms with Gasteiger partial charge in [0.15, 0.2) is 0 Å².